The van der Waals surface area contributed by atoms with Gasteiger partial charge in [0.25, 0.3) is 0 Å². The highest BCUT2D eigenvalue weighted by atomic mass is 16.1. The number of anilines is 3. The van der Waals surface area contributed by atoms with E-state index < -0.39 is 0 Å². The second-order valence-electron chi connectivity index (χ2n) is 5.67. The van der Waals surface area contributed by atoms with Crippen molar-refractivity contribution >= 4 is 23.1 Å². The Morgan fingerprint density at radius 2 is 2.04 bits per heavy atom. The maximum Gasteiger partial charge on any atom is 0.180 e. The van der Waals surface area contributed by atoms with Crippen molar-refractivity contribution in [2.75, 3.05) is 11.1 Å². The van der Waals surface area contributed by atoms with Gasteiger partial charge < -0.3 is 15.6 Å². The molecule has 0 aliphatic heterocycles. The number of Topliss-reactive ketones (excluding diaryl/α,β-unsaturated/α-hetero) is 1. The summed E-state index contributed by atoms with van der Waals surface area (Å²) in [4.78, 5) is 28.6. The van der Waals surface area contributed by atoms with Crippen LogP contribution in [0.3, 0.4) is 0 Å². The molecule has 25 heavy (non-hydrogen) atoms. The van der Waals surface area contributed by atoms with Crippen LogP contribution in [0.15, 0.2) is 31.0 Å². The van der Waals surface area contributed by atoms with Crippen LogP contribution in [0.25, 0.3) is 11.4 Å². The highest BCUT2D eigenvalue weighted by molar-refractivity contribution is 5.94. The lowest BCUT2D eigenvalue weighted by atomic mass is 10.1. The molecule has 0 aromatic carbocycles. The van der Waals surface area contributed by atoms with Crippen molar-refractivity contribution < 1.29 is 4.79 Å². The summed E-state index contributed by atoms with van der Waals surface area (Å²) in [7, 11) is 1.87. The van der Waals surface area contributed by atoms with Crippen LogP contribution in [-0.2, 0) is 7.05 Å². The van der Waals surface area contributed by atoms with E-state index in [0.717, 1.165) is 16.9 Å². The smallest absolute Gasteiger partial charge is 0.180 e. The van der Waals surface area contributed by atoms with Crippen molar-refractivity contribution in [1.82, 2.24) is 24.5 Å². The maximum atomic E-state index is 11.8. The van der Waals surface area contributed by atoms with Gasteiger partial charge in [-0.15, -0.1) is 0 Å². The van der Waals surface area contributed by atoms with Crippen molar-refractivity contribution in [3.05, 3.63) is 42.2 Å². The van der Waals surface area contributed by atoms with E-state index in [9.17, 15) is 4.79 Å². The number of carbonyl (C=O) groups excluding carboxylic acids is 1. The first kappa shape index (κ1) is 16.6. The van der Waals surface area contributed by atoms with Crippen LogP contribution in [0.1, 0.15) is 29.4 Å². The fraction of sp³-hybridized carbons (Fsp3) is 0.235. The summed E-state index contributed by atoms with van der Waals surface area (Å²) in [5, 5.41) is 3.26. The van der Waals surface area contributed by atoms with E-state index in [1.165, 1.54) is 6.33 Å². The third-order valence-electron chi connectivity index (χ3n) is 3.84. The minimum Gasteiger partial charge on any atom is -0.384 e. The number of pyridine rings is 1. The number of carbonyl (C=O) groups is 1. The highest BCUT2D eigenvalue weighted by Gasteiger charge is 2.15. The third kappa shape index (κ3) is 3.32. The zero-order chi connectivity index (χ0) is 18.0. The Balaban J connectivity index is 1.96. The maximum absolute atomic E-state index is 11.8. The van der Waals surface area contributed by atoms with Gasteiger partial charge in [-0.3, -0.25) is 9.78 Å². The van der Waals surface area contributed by atoms with Gasteiger partial charge in [-0.25, -0.2) is 15.0 Å². The van der Waals surface area contributed by atoms with Crippen molar-refractivity contribution in [1.29, 1.82) is 0 Å². The quantitative estimate of drug-likeness (QED) is 0.688. The summed E-state index contributed by atoms with van der Waals surface area (Å²) < 4.78 is 1.85. The van der Waals surface area contributed by atoms with E-state index in [4.69, 9.17) is 5.73 Å². The molecule has 0 saturated heterocycles. The van der Waals surface area contributed by atoms with Crippen molar-refractivity contribution in [3.63, 3.8) is 0 Å². The van der Waals surface area contributed by atoms with E-state index in [1.54, 1.807) is 24.7 Å². The van der Waals surface area contributed by atoms with Crippen molar-refractivity contribution in [2.24, 2.45) is 7.05 Å². The number of hydrogen-bond acceptors (Lipinski definition) is 7. The number of aromatic nitrogens is 5. The molecule has 3 rings (SSSR count). The van der Waals surface area contributed by atoms with Crippen LogP contribution < -0.4 is 11.1 Å². The van der Waals surface area contributed by atoms with Gasteiger partial charge in [-0.05, 0) is 18.6 Å². The first-order chi connectivity index (χ1) is 12.0. The van der Waals surface area contributed by atoms with Gasteiger partial charge in [0.05, 0.1) is 23.9 Å². The van der Waals surface area contributed by atoms with E-state index in [-0.39, 0.29) is 5.78 Å². The first-order valence-electron chi connectivity index (χ1n) is 7.85. The topological polar surface area (TPSA) is 112 Å². The van der Waals surface area contributed by atoms with Crippen LogP contribution in [0, 0.1) is 6.92 Å². The number of imidazole rings is 1. The minimum atomic E-state index is 0.0182. The molecule has 0 aliphatic rings. The Bertz CT molecular complexity index is 932. The first-order valence-corrected chi connectivity index (χ1v) is 7.85. The summed E-state index contributed by atoms with van der Waals surface area (Å²) in [6.45, 7) is 3.74. The molecule has 8 nitrogen and oxygen atoms in total. The average Bonchev–Trinajstić information content (AvgIpc) is 2.96. The van der Waals surface area contributed by atoms with Crippen LogP contribution in [0.2, 0.25) is 0 Å². The average molecular weight is 337 g/mol. The van der Waals surface area contributed by atoms with Gasteiger partial charge in [0.15, 0.2) is 11.6 Å². The van der Waals surface area contributed by atoms with Crippen LogP contribution in [0.4, 0.5) is 17.3 Å². The largest absolute Gasteiger partial charge is 0.384 e. The predicted molar refractivity (Wildman–Crippen MR) is 95.5 cm³/mol. The number of nitrogens with two attached hydrogens (primary N) is 1. The summed E-state index contributed by atoms with van der Waals surface area (Å²) >= 11 is 0. The molecule has 0 bridgehead atoms. The van der Waals surface area contributed by atoms with Gasteiger partial charge >= 0.3 is 0 Å². The van der Waals surface area contributed by atoms with Crippen LogP contribution in [-0.4, -0.2) is 30.3 Å². The van der Waals surface area contributed by atoms with Gasteiger partial charge in [-0.2, -0.15) is 0 Å². The van der Waals surface area contributed by atoms with Gasteiger partial charge in [0, 0.05) is 19.5 Å². The number of ketones is 1. The molecule has 0 saturated carbocycles. The second-order valence-corrected chi connectivity index (χ2v) is 5.67. The zero-order valence-corrected chi connectivity index (χ0v) is 14.3. The number of rotatable bonds is 5. The van der Waals surface area contributed by atoms with E-state index >= 15 is 0 Å². The molecular formula is C17H19N7O. The van der Waals surface area contributed by atoms with Crippen molar-refractivity contribution in [3.8, 4) is 11.4 Å². The molecule has 0 spiro atoms. The third-order valence-corrected chi connectivity index (χ3v) is 3.84. The molecule has 0 radical (unpaired) electrons. The number of nitrogens with one attached hydrogen (secondary N) is 1. The fourth-order valence-electron chi connectivity index (χ4n) is 2.47. The van der Waals surface area contributed by atoms with Gasteiger partial charge in [0.2, 0.25) is 0 Å². The standard InChI is InChI=1S/C17H19N7O/c1-4-14(25)11-5-10(2)13(7-19-11)23-17-16(24(3)9-22-17)12-6-15(18)21-8-20-12/h5-9,23H,4H2,1-3H3,(H2,18,20,21). The molecule has 3 heterocycles. The molecule has 0 amide bonds. The van der Waals surface area contributed by atoms with E-state index in [1.807, 2.05) is 25.5 Å². The Labute approximate surface area is 145 Å². The highest BCUT2D eigenvalue weighted by Crippen LogP contribution is 2.29. The molecule has 0 atom stereocenters. The molecular weight excluding hydrogens is 318 g/mol. The molecule has 0 unspecified atom stereocenters. The summed E-state index contributed by atoms with van der Waals surface area (Å²) in [5.41, 5.74) is 9.35. The monoisotopic (exact) mass is 337 g/mol. The molecule has 0 aliphatic carbocycles. The summed E-state index contributed by atoms with van der Waals surface area (Å²) in [5.74, 6) is 1.03. The lowest BCUT2D eigenvalue weighted by Crippen LogP contribution is -2.04. The lowest BCUT2D eigenvalue weighted by molar-refractivity contribution is 0.0983. The summed E-state index contributed by atoms with van der Waals surface area (Å²) in [6, 6.07) is 3.47. The molecule has 3 aromatic heterocycles. The summed E-state index contributed by atoms with van der Waals surface area (Å²) in [6.07, 6.45) is 5.18. The van der Waals surface area contributed by atoms with Gasteiger partial charge in [-0.1, -0.05) is 6.92 Å². The fourth-order valence-corrected chi connectivity index (χ4v) is 2.47. The Morgan fingerprint density at radius 3 is 2.72 bits per heavy atom. The van der Waals surface area contributed by atoms with Crippen LogP contribution in [0.5, 0.6) is 0 Å². The Morgan fingerprint density at radius 1 is 1.24 bits per heavy atom. The van der Waals surface area contributed by atoms with Gasteiger partial charge in [0.1, 0.15) is 23.5 Å². The Kier molecular flexibility index (Phi) is 4.42. The molecule has 128 valence electrons. The second kappa shape index (κ2) is 6.68. The van der Waals surface area contributed by atoms with E-state index in [2.05, 4.69) is 25.3 Å². The predicted octanol–water partition coefficient (Wildman–Crippen LogP) is 2.50. The zero-order valence-electron chi connectivity index (χ0n) is 14.3. The molecule has 0 fully saturated rings. The molecule has 8 heteroatoms. The molecule has 3 aromatic rings. The number of nitrogen functional groups attached to an aromatic ring is 1. The number of hydrogen-bond donors (Lipinski definition) is 2. The van der Waals surface area contributed by atoms with E-state index in [0.29, 0.717) is 29.4 Å². The Hall–Kier alpha value is -3.29. The molecule has 3 N–H and O–H groups in total. The van der Waals surface area contributed by atoms with Crippen LogP contribution >= 0.6 is 0 Å². The SMILES string of the molecule is CCC(=O)c1cc(C)c(Nc2ncn(C)c2-c2cc(N)ncn2)cn1. The minimum absolute atomic E-state index is 0.0182. The normalized spacial score (nSPS) is 10.7. The van der Waals surface area contributed by atoms with Crippen molar-refractivity contribution in [2.45, 2.75) is 20.3 Å². The number of nitrogens with zero attached hydrogens (tertiary/aromatic N) is 5. The lowest BCUT2D eigenvalue weighted by Gasteiger charge is -2.11. The number of aryl methyl sites for hydroxylation is 2.